The van der Waals surface area contributed by atoms with E-state index in [0.29, 0.717) is 17.9 Å². The average Bonchev–Trinajstić information content (AvgIpc) is 3.10. The van der Waals surface area contributed by atoms with Crippen LogP contribution in [-0.2, 0) is 17.5 Å². The monoisotopic (exact) mass is 422 g/mol. The molecule has 11 heteroatoms. The molecule has 0 atom stereocenters. The fourth-order valence-electron chi connectivity index (χ4n) is 2.34. The largest absolute Gasteiger partial charge is 0.435 e. The van der Waals surface area contributed by atoms with Crippen LogP contribution >= 0.6 is 11.6 Å². The second-order valence-corrected chi connectivity index (χ2v) is 6.24. The van der Waals surface area contributed by atoms with Crippen molar-refractivity contribution in [1.29, 1.82) is 0 Å². The summed E-state index contributed by atoms with van der Waals surface area (Å²) in [5.41, 5.74) is 0.725. The first kappa shape index (κ1) is 20.3. The number of carbonyl (C=O) groups excluding carboxylic acids is 1. The van der Waals surface area contributed by atoms with Crippen molar-refractivity contribution in [2.24, 2.45) is 0 Å². The summed E-state index contributed by atoms with van der Waals surface area (Å²) in [6.45, 7) is 3.79. The molecule has 150 valence electrons. The lowest BCUT2D eigenvalue weighted by Crippen LogP contribution is -2.11. The van der Waals surface area contributed by atoms with E-state index in [1.165, 1.54) is 12.3 Å². The zero-order valence-electron chi connectivity index (χ0n) is 14.7. The number of halogens is 4. The Balaban J connectivity index is 1.67. The van der Waals surface area contributed by atoms with Crippen LogP contribution in [0, 0.1) is 0 Å². The second-order valence-electron chi connectivity index (χ2n) is 5.83. The summed E-state index contributed by atoms with van der Waals surface area (Å²) < 4.78 is 40.2. The van der Waals surface area contributed by atoms with Crippen LogP contribution in [0.3, 0.4) is 0 Å². The van der Waals surface area contributed by atoms with E-state index in [2.05, 4.69) is 32.3 Å². The van der Waals surface area contributed by atoms with Crippen molar-refractivity contribution in [3.05, 3.63) is 71.8 Å². The summed E-state index contributed by atoms with van der Waals surface area (Å²) >= 11 is 5.51. The highest BCUT2D eigenvalue weighted by Gasteiger charge is 2.36. The third kappa shape index (κ3) is 5.32. The van der Waals surface area contributed by atoms with Crippen molar-refractivity contribution < 1.29 is 18.0 Å². The normalized spacial score (nSPS) is 11.2. The lowest BCUT2D eigenvalue weighted by molar-refractivity contribution is -0.141. The zero-order valence-corrected chi connectivity index (χ0v) is 15.5. The molecule has 0 spiro atoms. The van der Waals surface area contributed by atoms with E-state index < -0.39 is 16.9 Å². The molecule has 29 heavy (non-hydrogen) atoms. The van der Waals surface area contributed by atoms with Crippen LogP contribution in [-0.4, -0.2) is 25.7 Å². The molecule has 1 amide bonds. The highest BCUT2D eigenvalue weighted by atomic mass is 35.5. The number of carbonyl (C=O) groups is 1. The number of hydrogen-bond acceptors (Lipinski definition) is 5. The molecular weight excluding hydrogens is 409 g/mol. The van der Waals surface area contributed by atoms with E-state index >= 15 is 0 Å². The summed E-state index contributed by atoms with van der Waals surface area (Å²) in [7, 11) is 0. The van der Waals surface area contributed by atoms with E-state index in [-0.39, 0.29) is 11.9 Å². The number of benzene rings is 1. The first-order valence-corrected chi connectivity index (χ1v) is 8.54. The molecule has 2 heterocycles. The summed E-state index contributed by atoms with van der Waals surface area (Å²) in [5.74, 6) is -0.553. The van der Waals surface area contributed by atoms with E-state index in [0.717, 1.165) is 11.8 Å². The molecule has 3 rings (SSSR count). The highest BCUT2D eigenvalue weighted by molar-refractivity contribution is 6.31. The van der Waals surface area contributed by atoms with Crippen molar-refractivity contribution >= 4 is 34.8 Å². The van der Waals surface area contributed by atoms with E-state index in [1.54, 1.807) is 23.0 Å². The van der Waals surface area contributed by atoms with Crippen molar-refractivity contribution in [1.82, 2.24) is 19.7 Å². The van der Waals surface area contributed by atoms with Gasteiger partial charge in [0.15, 0.2) is 5.69 Å². The van der Waals surface area contributed by atoms with Gasteiger partial charge in [-0.1, -0.05) is 30.3 Å². The van der Waals surface area contributed by atoms with E-state index in [4.69, 9.17) is 11.6 Å². The Morgan fingerprint density at radius 3 is 2.59 bits per heavy atom. The maximum Gasteiger partial charge on any atom is 0.435 e. The Kier molecular flexibility index (Phi) is 5.83. The SMILES string of the molecule is C=CC(=O)Nc1ccc(Cn2cc(Nc3ncc(Cl)c(C(F)(F)F)n3)cn2)cc1. The van der Waals surface area contributed by atoms with E-state index in [9.17, 15) is 18.0 Å². The molecule has 0 unspecified atom stereocenters. The van der Waals surface area contributed by atoms with Gasteiger partial charge in [0.1, 0.15) is 0 Å². The smallest absolute Gasteiger partial charge is 0.323 e. The molecule has 0 radical (unpaired) electrons. The van der Waals surface area contributed by atoms with E-state index in [1.807, 2.05) is 12.1 Å². The molecule has 1 aromatic carbocycles. The Morgan fingerprint density at radius 1 is 1.21 bits per heavy atom. The topological polar surface area (TPSA) is 84.7 Å². The van der Waals surface area contributed by atoms with Gasteiger partial charge in [-0.3, -0.25) is 9.48 Å². The van der Waals surface area contributed by atoms with Gasteiger partial charge >= 0.3 is 6.18 Å². The summed E-state index contributed by atoms with van der Waals surface area (Å²) in [6.07, 6.45) is 0.408. The van der Waals surface area contributed by atoms with Gasteiger partial charge < -0.3 is 10.6 Å². The maximum atomic E-state index is 12.9. The Bertz CT molecular complexity index is 1030. The second kappa shape index (κ2) is 8.31. The van der Waals surface area contributed by atoms with Crippen molar-refractivity contribution in [3.63, 3.8) is 0 Å². The molecule has 7 nitrogen and oxygen atoms in total. The summed E-state index contributed by atoms with van der Waals surface area (Å²) in [4.78, 5) is 18.4. The fraction of sp³-hybridized carbons (Fsp3) is 0.111. The lowest BCUT2D eigenvalue weighted by Gasteiger charge is -2.09. The average molecular weight is 423 g/mol. The standard InChI is InChI=1S/C18H14ClF3N6O/c1-2-15(29)25-12-5-3-11(4-6-12)9-28-10-13(7-24-28)26-17-23-8-14(19)16(27-17)18(20,21)22/h2-8,10H,1,9H2,(H,25,29)(H,23,26,27). The van der Waals surface area contributed by atoms with Gasteiger partial charge in [0.2, 0.25) is 11.9 Å². The molecule has 0 aliphatic heterocycles. The Labute approximate surface area is 168 Å². The molecule has 0 aliphatic rings. The van der Waals surface area contributed by atoms with Crippen LogP contribution in [0.5, 0.6) is 0 Å². The number of hydrogen-bond donors (Lipinski definition) is 2. The molecular formula is C18H14ClF3N6O. The van der Waals surface area contributed by atoms with Crippen LogP contribution < -0.4 is 10.6 Å². The first-order valence-electron chi connectivity index (χ1n) is 8.16. The minimum atomic E-state index is -4.68. The highest BCUT2D eigenvalue weighted by Crippen LogP contribution is 2.33. The van der Waals surface area contributed by atoms with Crippen molar-refractivity contribution in [3.8, 4) is 0 Å². The number of nitrogens with one attached hydrogen (secondary N) is 2. The number of nitrogens with zero attached hydrogens (tertiary/aromatic N) is 4. The van der Waals surface area contributed by atoms with Crippen LogP contribution in [0.25, 0.3) is 0 Å². The van der Waals surface area contributed by atoms with Gasteiger partial charge in [-0.2, -0.15) is 18.3 Å². The number of aromatic nitrogens is 4. The van der Waals surface area contributed by atoms with Crippen LogP contribution in [0.15, 0.2) is 55.5 Å². The third-order valence-corrected chi connectivity index (χ3v) is 3.93. The Morgan fingerprint density at radius 2 is 1.93 bits per heavy atom. The summed E-state index contributed by atoms with van der Waals surface area (Å²) in [6, 6.07) is 7.09. The van der Waals surface area contributed by atoms with Crippen LogP contribution in [0.1, 0.15) is 11.3 Å². The van der Waals surface area contributed by atoms with Gasteiger partial charge in [0.05, 0.1) is 29.6 Å². The third-order valence-electron chi connectivity index (χ3n) is 3.65. The van der Waals surface area contributed by atoms with Gasteiger partial charge in [0.25, 0.3) is 0 Å². The molecule has 2 N–H and O–H groups in total. The fourth-order valence-corrected chi connectivity index (χ4v) is 2.54. The number of amides is 1. The van der Waals surface area contributed by atoms with Crippen LogP contribution in [0.4, 0.5) is 30.5 Å². The van der Waals surface area contributed by atoms with Gasteiger partial charge in [-0.15, -0.1) is 0 Å². The van der Waals surface area contributed by atoms with Gasteiger partial charge in [-0.05, 0) is 23.8 Å². The molecule has 0 fully saturated rings. The minimum Gasteiger partial charge on any atom is -0.323 e. The van der Waals surface area contributed by atoms with Gasteiger partial charge in [0, 0.05) is 11.9 Å². The summed E-state index contributed by atoms with van der Waals surface area (Å²) in [5, 5.41) is 8.88. The number of alkyl halides is 3. The predicted octanol–water partition coefficient (Wildman–Crippen LogP) is 4.26. The maximum absolute atomic E-state index is 12.9. The molecule has 3 aromatic rings. The van der Waals surface area contributed by atoms with Gasteiger partial charge in [-0.25, -0.2) is 9.97 Å². The molecule has 0 bridgehead atoms. The zero-order chi connectivity index (χ0) is 21.0. The first-order chi connectivity index (χ1) is 13.7. The van der Waals surface area contributed by atoms with Crippen LogP contribution in [0.2, 0.25) is 5.02 Å². The quantitative estimate of drug-likeness (QED) is 0.580. The molecule has 0 aliphatic carbocycles. The molecule has 0 saturated carbocycles. The number of rotatable bonds is 6. The van der Waals surface area contributed by atoms with Crippen molar-refractivity contribution in [2.75, 3.05) is 10.6 Å². The molecule has 2 aromatic heterocycles. The predicted molar refractivity (Wildman–Crippen MR) is 102 cm³/mol. The molecule has 0 saturated heterocycles. The lowest BCUT2D eigenvalue weighted by atomic mass is 10.2. The number of anilines is 3. The minimum absolute atomic E-state index is 0.247. The Hall–Kier alpha value is -3.40. The van der Waals surface area contributed by atoms with Crippen molar-refractivity contribution in [2.45, 2.75) is 12.7 Å².